The number of fused-ring (bicyclic) bond motifs is 1. The monoisotopic (exact) mass is 494 g/mol. The zero-order chi connectivity index (χ0) is 23.5. The molecule has 0 atom stereocenters. The van der Waals surface area contributed by atoms with Crippen molar-refractivity contribution in [2.45, 2.75) is 29.9 Å². The Morgan fingerprint density at radius 2 is 2.00 bits per heavy atom. The predicted molar refractivity (Wildman–Crippen MR) is 128 cm³/mol. The Balaban J connectivity index is 1.42. The van der Waals surface area contributed by atoms with Gasteiger partial charge in [0.05, 0.1) is 11.4 Å². The Morgan fingerprint density at radius 3 is 2.79 bits per heavy atom. The van der Waals surface area contributed by atoms with Crippen molar-refractivity contribution in [1.82, 2.24) is 30.7 Å². The van der Waals surface area contributed by atoms with Crippen LogP contribution in [0.2, 0.25) is 5.02 Å². The first kappa shape index (κ1) is 22.1. The molecule has 0 aliphatic heterocycles. The Morgan fingerprint density at radius 1 is 1.18 bits per heavy atom. The second-order valence-electron chi connectivity index (χ2n) is 7.52. The van der Waals surface area contributed by atoms with E-state index in [1.807, 2.05) is 30.3 Å². The van der Waals surface area contributed by atoms with Crippen molar-refractivity contribution in [3.63, 3.8) is 0 Å². The van der Waals surface area contributed by atoms with Crippen LogP contribution < -0.4 is 11.2 Å². The van der Waals surface area contributed by atoms with Crippen LogP contribution in [0.1, 0.15) is 40.2 Å². The number of halogens is 1. The van der Waals surface area contributed by atoms with Gasteiger partial charge in [0, 0.05) is 21.2 Å². The van der Waals surface area contributed by atoms with Gasteiger partial charge in [-0.15, -0.1) is 16.9 Å². The molecule has 10 nitrogen and oxygen atoms in total. The Bertz CT molecular complexity index is 1370. The summed E-state index contributed by atoms with van der Waals surface area (Å²) in [4.78, 5) is 14.0. The molecule has 0 bridgehead atoms. The highest BCUT2D eigenvalue weighted by Crippen LogP contribution is 2.27. The molecule has 0 saturated heterocycles. The molecule has 1 amide bonds. The van der Waals surface area contributed by atoms with Crippen molar-refractivity contribution in [3.8, 4) is 5.82 Å². The lowest BCUT2D eigenvalue weighted by Gasteiger charge is -2.17. The van der Waals surface area contributed by atoms with E-state index >= 15 is 0 Å². The summed E-state index contributed by atoms with van der Waals surface area (Å²) in [6, 6.07) is 15.4. The molecule has 4 aromatic rings. The lowest BCUT2D eigenvalue weighted by molar-refractivity contribution is 0.0949. The zero-order valence-electron chi connectivity index (χ0n) is 17.8. The van der Waals surface area contributed by atoms with Crippen LogP contribution in [0.25, 0.3) is 5.82 Å². The second kappa shape index (κ2) is 9.65. The van der Waals surface area contributed by atoms with E-state index in [9.17, 15) is 4.79 Å². The molecule has 2 aromatic heterocycles. The number of amides is 1. The van der Waals surface area contributed by atoms with E-state index < -0.39 is 5.91 Å². The molecule has 0 saturated carbocycles. The number of carbonyl (C=O) groups excluding carboxylic acids is 1. The molecule has 5 rings (SSSR count). The number of rotatable bonds is 6. The highest BCUT2D eigenvalue weighted by atomic mass is 35.5. The van der Waals surface area contributed by atoms with E-state index in [2.05, 4.69) is 37.2 Å². The van der Waals surface area contributed by atoms with Gasteiger partial charge in [0.2, 0.25) is 11.6 Å². The molecule has 12 heteroatoms. The molecule has 3 N–H and O–H groups in total. The van der Waals surface area contributed by atoms with Gasteiger partial charge >= 0.3 is 0 Å². The Hall–Kier alpha value is -3.70. The normalized spacial score (nSPS) is 14.2. The first-order chi connectivity index (χ1) is 16.6. The van der Waals surface area contributed by atoms with E-state index in [1.54, 1.807) is 12.1 Å². The number of hydrazone groups is 1. The maximum atomic E-state index is 13.1. The van der Waals surface area contributed by atoms with Gasteiger partial charge in [0.25, 0.3) is 5.91 Å². The van der Waals surface area contributed by atoms with Crippen molar-refractivity contribution in [2.75, 3.05) is 5.73 Å². The summed E-state index contributed by atoms with van der Waals surface area (Å²) in [6.07, 6.45) is 2.75. The molecule has 0 unspecified atom stereocenters. The van der Waals surface area contributed by atoms with Crippen LogP contribution >= 0.6 is 23.4 Å². The Kier molecular flexibility index (Phi) is 6.28. The third-order valence-corrected chi connectivity index (χ3v) is 6.62. The number of thioether (sulfide) groups is 1. The van der Waals surface area contributed by atoms with Crippen LogP contribution in [-0.2, 0) is 12.2 Å². The van der Waals surface area contributed by atoms with E-state index in [0.717, 1.165) is 35.4 Å². The van der Waals surface area contributed by atoms with Crippen LogP contribution in [0.3, 0.4) is 0 Å². The largest absolute Gasteiger partial charge is 0.378 e. The lowest BCUT2D eigenvalue weighted by atomic mass is 9.90. The van der Waals surface area contributed by atoms with Gasteiger partial charge in [-0.2, -0.15) is 9.78 Å². The summed E-state index contributed by atoms with van der Waals surface area (Å²) < 4.78 is 6.06. The quantitative estimate of drug-likeness (QED) is 0.306. The molecule has 1 aliphatic carbocycles. The van der Waals surface area contributed by atoms with Gasteiger partial charge in [0.1, 0.15) is 0 Å². The third-order valence-electron chi connectivity index (χ3n) is 5.34. The summed E-state index contributed by atoms with van der Waals surface area (Å²) >= 11 is 7.46. The molecule has 0 radical (unpaired) electrons. The molecule has 2 heterocycles. The zero-order valence-corrected chi connectivity index (χ0v) is 19.4. The lowest BCUT2D eigenvalue weighted by Crippen LogP contribution is -2.23. The molecule has 1 aliphatic rings. The third kappa shape index (κ3) is 4.52. The summed E-state index contributed by atoms with van der Waals surface area (Å²) in [5, 5.41) is 20.6. The summed E-state index contributed by atoms with van der Waals surface area (Å²) in [5.74, 6) is 0.0614. The number of nitrogen functional groups attached to an aromatic ring is 1. The molecule has 0 spiro atoms. The molecule has 172 valence electrons. The van der Waals surface area contributed by atoms with Crippen molar-refractivity contribution < 1.29 is 9.42 Å². The first-order valence-electron chi connectivity index (χ1n) is 10.5. The van der Waals surface area contributed by atoms with Crippen molar-refractivity contribution in [2.24, 2.45) is 5.10 Å². The first-order valence-corrected chi connectivity index (χ1v) is 11.8. The number of aryl methyl sites for hydroxylation is 1. The summed E-state index contributed by atoms with van der Waals surface area (Å²) in [7, 11) is 0. The van der Waals surface area contributed by atoms with Crippen LogP contribution in [0, 0.1) is 0 Å². The maximum Gasteiger partial charge on any atom is 0.293 e. The average molecular weight is 495 g/mol. The Labute approximate surface area is 203 Å². The number of anilines is 1. The van der Waals surface area contributed by atoms with Gasteiger partial charge in [-0.1, -0.05) is 41.1 Å². The molecule has 2 aromatic carbocycles. The number of carbonyl (C=O) groups is 1. The van der Waals surface area contributed by atoms with Crippen molar-refractivity contribution >= 4 is 40.8 Å². The highest BCUT2D eigenvalue weighted by Gasteiger charge is 2.24. The SMILES string of the molecule is Nc1nonc1-n1nnc(C(=O)N/N=C2/CCCc3ccccc32)c1CSc1ccc(Cl)cc1. The standard InChI is InChI=1S/C22H19ClN8O2S/c23-14-8-10-15(11-9-14)34-12-18-19(26-30-31(18)21-20(24)28-33-29-21)22(32)27-25-17-7-3-5-13-4-1-2-6-16(13)17/h1-2,4,6,8-11H,3,5,7,12H2,(H2,24,28)(H,27,32)/b25-17-. The van der Waals surface area contributed by atoms with Gasteiger partial charge in [-0.25, -0.2) is 10.1 Å². The molecule has 0 fully saturated rings. The second-order valence-corrected chi connectivity index (χ2v) is 9.01. The number of hydrogen-bond donors (Lipinski definition) is 2. The van der Waals surface area contributed by atoms with E-state index in [1.165, 1.54) is 22.0 Å². The fourth-order valence-electron chi connectivity index (χ4n) is 3.69. The number of aromatic nitrogens is 5. The minimum Gasteiger partial charge on any atom is -0.378 e. The number of benzene rings is 2. The maximum absolute atomic E-state index is 13.1. The van der Waals surface area contributed by atoms with Crippen molar-refractivity contribution in [3.05, 3.63) is 76.1 Å². The topological polar surface area (TPSA) is 137 Å². The van der Waals surface area contributed by atoms with Crippen LogP contribution in [0.15, 0.2) is 63.2 Å². The molecular formula is C22H19ClN8O2S. The van der Waals surface area contributed by atoms with Gasteiger partial charge in [0.15, 0.2) is 5.69 Å². The van der Waals surface area contributed by atoms with Gasteiger partial charge in [-0.05, 0) is 59.4 Å². The van der Waals surface area contributed by atoms with Crippen molar-refractivity contribution in [1.29, 1.82) is 0 Å². The minimum absolute atomic E-state index is 0.0358. The highest BCUT2D eigenvalue weighted by molar-refractivity contribution is 7.98. The number of nitrogens with zero attached hydrogens (tertiary/aromatic N) is 6. The minimum atomic E-state index is -0.483. The van der Waals surface area contributed by atoms with E-state index in [4.69, 9.17) is 22.0 Å². The van der Waals surface area contributed by atoms with Gasteiger partial charge in [-0.3, -0.25) is 4.79 Å². The smallest absolute Gasteiger partial charge is 0.293 e. The van der Waals surface area contributed by atoms with Crippen LogP contribution in [0.4, 0.5) is 5.82 Å². The van der Waals surface area contributed by atoms with Crippen LogP contribution in [-0.4, -0.2) is 36.9 Å². The number of nitrogens with one attached hydrogen (secondary N) is 1. The number of nitrogens with two attached hydrogens (primary N) is 1. The number of hydrogen-bond acceptors (Lipinski definition) is 9. The van der Waals surface area contributed by atoms with Crippen LogP contribution in [0.5, 0.6) is 0 Å². The van der Waals surface area contributed by atoms with E-state index in [-0.39, 0.29) is 17.3 Å². The van der Waals surface area contributed by atoms with E-state index in [0.29, 0.717) is 16.5 Å². The molecular weight excluding hydrogens is 476 g/mol. The fraction of sp³-hybridized carbons (Fsp3) is 0.182. The summed E-state index contributed by atoms with van der Waals surface area (Å²) in [5.41, 5.74) is 12.2. The predicted octanol–water partition coefficient (Wildman–Crippen LogP) is 3.65. The van der Waals surface area contributed by atoms with Gasteiger partial charge < -0.3 is 5.73 Å². The average Bonchev–Trinajstić information content (AvgIpc) is 3.47. The fourth-order valence-corrected chi connectivity index (χ4v) is 4.70. The molecule has 34 heavy (non-hydrogen) atoms. The summed E-state index contributed by atoms with van der Waals surface area (Å²) in [6.45, 7) is 0.